The first-order valence-corrected chi connectivity index (χ1v) is 11.6. The van der Waals surface area contributed by atoms with Crippen molar-refractivity contribution in [1.29, 1.82) is 0 Å². The average molecular weight is 400 g/mol. The van der Waals surface area contributed by atoms with Crippen molar-refractivity contribution in [2.75, 3.05) is 65.6 Å². The van der Waals surface area contributed by atoms with Crippen molar-refractivity contribution in [3.63, 3.8) is 0 Å². The number of hydrogen-bond donors (Lipinski definition) is 0. The van der Waals surface area contributed by atoms with E-state index in [1.54, 1.807) is 0 Å². The molecule has 0 N–H and O–H groups in total. The molecule has 160 valence electrons. The quantitative estimate of drug-likeness (QED) is 0.736. The van der Waals surface area contributed by atoms with Gasteiger partial charge in [0.15, 0.2) is 0 Å². The summed E-state index contributed by atoms with van der Waals surface area (Å²) in [6.07, 6.45) is 5.84. The largest absolute Gasteiger partial charge is 0.381 e. The van der Waals surface area contributed by atoms with E-state index in [1.807, 2.05) is 0 Å². The van der Waals surface area contributed by atoms with Gasteiger partial charge in [0.25, 0.3) is 0 Å². The zero-order valence-electron chi connectivity index (χ0n) is 17.8. The summed E-state index contributed by atoms with van der Waals surface area (Å²) in [6, 6.07) is 10.8. The SMILES string of the molecule is O=C(CN1CCN(CC2CCOCC2)CC1)N1CCC(Cc2ccccc2)CC1. The maximum absolute atomic E-state index is 12.8. The summed E-state index contributed by atoms with van der Waals surface area (Å²) in [7, 11) is 0. The number of nitrogens with zero attached hydrogens (tertiary/aromatic N) is 3. The van der Waals surface area contributed by atoms with Gasteiger partial charge in [0, 0.05) is 59.0 Å². The van der Waals surface area contributed by atoms with E-state index in [2.05, 4.69) is 45.0 Å². The number of piperidine rings is 1. The van der Waals surface area contributed by atoms with Gasteiger partial charge in [0.1, 0.15) is 0 Å². The average Bonchev–Trinajstić information content (AvgIpc) is 2.77. The normalized spacial score (nSPS) is 23.4. The number of amides is 1. The van der Waals surface area contributed by atoms with Crippen LogP contribution in [0.5, 0.6) is 0 Å². The van der Waals surface area contributed by atoms with Gasteiger partial charge in [-0.3, -0.25) is 9.69 Å². The Morgan fingerprint density at radius 3 is 2.17 bits per heavy atom. The third kappa shape index (κ3) is 6.27. The zero-order chi connectivity index (χ0) is 19.9. The first kappa shape index (κ1) is 20.8. The van der Waals surface area contributed by atoms with Crippen molar-refractivity contribution in [2.24, 2.45) is 11.8 Å². The van der Waals surface area contributed by atoms with Crippen LogP contribution >= 0.6 is 0 Å². The molecule has 5 heteroatoms. The van der Waals surface area contributed by atoms with Crippen molar-refractivity contribution >= 4 is 5.91 Å². The Morgan fingerprint density at radius 1 is 0.828 bits per heavy atom. The van der Waals surface area contributed by atoms with E-state index in [0.717, 1.165) is 83.6 Å². The standard InChI is InChI=1S/C24H37N3O2/c28-24(27-10-6-22(7-11-27)18-21-4-2-1-3-5-21)20-26-14-12-25(13-15-26)19-23-8-16-29-17-9-23/h1-5,22-23H,6-20H2. The van der Waals surface area contributed by atoms with Crippen LogP contribution in [0.3, 0.4) is 0 Å². The molecule has 0 aliphatic carbocycles. The third-order valence-corrected chi connectivity index (χ3v) is 7.02. The van der Waals surface area contributed by atoms with E-state index < -0.39 is 0 Å². The van der Waals surface area contributed by atoms with Crippen molar-refractivity contribution in [1.82, 2.24) is 14.7 Å². The molecule has 1 aromatic carbocycles. The van der Waals surface area contributed by atoms with Crippen molar-refractivity contribution in [2.45, 2.75) is 32.1 Å². The number of carbonyl (C=O) groups excluding carboxylic acids is 1. The number of benzene rings is 1. The van der Waals surface area contributed by atoms with Gasteiger partial charge >= 0.3 is 0 Å². The van der Waals surface area contributed by atoms with Crippen molar-refractivity contribution in [3.05, 3.63) is 35.9 Å². The van der Waals surface area contributed by atoms with Crippen LogP contribution < -0.4 is 0 Å². The Bertz CT molecular complexity index is 616. The van der Waals surface area contributed by atoms with E-state index >= 15 is 0 Å². The second-order valence-corrected chi connectivity index (χ2v) is 9.15. The molecule has 3 heterocycles. The van der Waals surface area contributed by atoms with Gasteiger partial charge in [0.05, 0.1) is 6.54 Å². The highest BCUT2D eigenvalue weighted by Crippen LogP contribution is 2.22. The molecule has 4 rings (SSSR count). The van der Waals surface area contributed by atoms with Gasteiger partial charge in [-0.25, -0.2) is 0 Å². The molecule has 0 radical (unpaired) electrons. The summed E-state index contributed by atoms with van der Waals surface area (Å²) in [5.74, 6) is 1.85. The lowest BCUT2D eigenvalue weighted by atomic mass is 9.90. The van der Waals surface area contributed by atoms with Crippen LogP contribution in [0.1, 0.15) is 31.2 Å². The minimum atomic E-state index is 0.334. The second kappa shape index (κ2) is 10.6. The van der Waals surface area contributed by atoms with Crippen LogP contribution in [0.4, 0.5) is 0 Å². The molecule has 0 spiro atoms. The minimum Gasteiger partial charge on any atom is -0.381 e. The van der Waals surface area contributed by atoms with Crippen LogP contribution in [0.25, 0.3) is 0 Å². The first-order chi connectivity index (χ1) is 14.3. The first-order valence-electron chi connectivity index (χ1n) is 11.6. The summed E-state index contributed by atoms with van der Waals surface area (Å²) in [5.41, 5.74) is 1.43. The van der Waals surface area contributed by atoms with Crippen LogP contribution in [-0.2, 0) is 16.0 Å². The number of likely N-dealkylation sites (tertiary alicyclic amines) is 1. The van der Waals surface area contributed by atoms with E-state index in [9.17, 15) is 4.79 Å². The van der Waals surface area contributed by atoms with Gasteiger partial charge in [-0.15, -0.1) is 0 Å². The maximum atomic E-state index is 12.8. The lowest BCUT2D eigenvalue weighted by Gasteiger charge is -2.38. The Balaban J connectivity index is 1.13. The second-order valence-electron chi connectivity index (χ2n) is 9.15. The molecule has 0 saturated carbocycles. The number of hydrogen-bond acceptors (Lipinski definition) is 4. The smallest absolute Gasteiger partial charge is 0.236 e. The van der Waals surface area contributed by atoms with Crippen LogP contribution in [0.2, 0.25) is 0 Å². The molecule has 3 aliphatic heterocycles. The molecular weight excluding hydrogens is 362 g/mol. The predicted octanol–water partition coefficient (Wildman–Crippen LogP) is 2.51. The number of piperazine rings is 1. The van der Waals surface area contributed by atoms with E-state index in [4.69, 9.17) is 4.74 Å². The Morgan fingerprint density at radius 2 is 1.48 bits per heavy atom. The molecule has 0 bridgehead atoms. The van der Waals surface area contributed by atoms with E-state index in [1.165, 1.54) is 24.9 Å². The van der Waals surface area contributed by atoms with Crippen molar-refractivity contribution < 1.29 is 9.53 Å². The molecule has 1 amide bonds. The van der Waals surface area contributed by atoms with Crippen LogP contribution in [0.15, 0.2) is 30.3 Å². The Hall–Kier alpha value is -1.43. The molecule has 0 unspecified atom stereocenters. The van der Waals surface area contributed by atoms with Crippen LogP contribution in [-0.4, -0.2) is 86.2 Å². The third-order valence-electron chi connectivity index (χ3n) is 7.02. The summed E-state index contributed by atoms with van der Waals surface area (Å²) < 4.78 is 5.47. The Kier molecular flexibility index (Phi) is 7.58. The zero-order valence-corrected chi connectivity index (χ0v) is 17.8. The minimum absolute atomic E-state index is 0.334. The van der Waals surface area contributed by atoms with Crippen LogP contribution in [0, 0.1) is 11.8 Å². The van der Waals surface area contributed by atoms with E-state index in [0.29, 0.717) is 12.5 Å². The lowest BCUT2D eigenvalue weighted by Crippen LogP contribution is -2.51. The molecule has 1 aromatic rings. The van der Waals surface area contributed by atoms with Gasteiger partial charge in [-0.05, 0) is 49.5 Å². The van der Waals surface area contributed by atoms with Gasteiger partial charge in [-0.1, -0.05) is 30.3 Å². The molecular formula is C24H37N3O2. The summed E-state index contributed by atoms with van der Waals surface area (Å²) in [4.78, 5) is 19.8. The highest BCUT2D eigenvalue weighted by Gasteiger charge is 2.26. The highest BCUT2D eigenvalue weighted by molar-refractivity contribution is 5.78. The molecule has 29 heavy (non-hydrogen) atoms. The molecule has 0 aromatic heterocycles. The molecule has 5 nitrogen and oxygen atoms in total. The van der Waals surface area contributed by atoms with Gasteiger partial charge < -0.3 is 14.5 Å². The molecule has 3 fully saturated rings. The summed E-state index contributed by atoms with van der Waals surface area (Å²) in [5, 5.41) is 0. The fourth-order valence-corrected chi connectivity index (χ4v) is 5.05. The summed E-state index contributed by atoms with van der Waals surface area (Å²) in [6.45, 7) is 9.80. The Labute approximate surface area is 176 Å². The van der Waals surface area contributed by atoms with E-state index in [-0.39, 0.29) is 0 Å². The lowest BCUT2D eigenvalue weighted by molar-refractivity contribution is -0.134. The highest BCUT2D eigenvalue weighted by atomic mass is 16.5. The predicted molar refractivity (Wildman–Crippen MR) is 116 cm³/mol. The fraction of sp³-hybridized carbons (Fsp3) is 0.708. The maximum Gasteiger partial charge on any atom is 0.236 e. The van der Waals surface area contributed by atoms with Gasteiger partial charge in [-0.2, -0.15) is 0 Å². The molecule has 3 saturated heterocycles. The van der Waals surface area contributed by atoms with Crippen molar-refractivity contribution in [3.8, 4) is 0 Å². The molecule has 3 aliphatic rings. The monoisotopic (exact) mass is 399 g/mol. The fourth-order valence-electron chi connectivity index (χ4n) is 5.05. The number of carbonyl (C=O) groups is 1. The topological polar surface area (TPSA) is 36.0 Å². The summed E-state index contributed by atoms with van der Waals surface area (Å²) >= 11 is 0. The number of ether oxygens (including phenoxy) is 1. The van der Waals surface area contributed by atoms with Gasteiger partial charge in [0.2, 0.25) is 5.91 Å². The molecule has 0 atom stereocenters. The number of rotatable bonds is 6.